The lowest BCUT2D eigenvalue weighted by Gasteiger charge is -2.10. The number of carbonyl (C=O) groups excluding carboxylic acids is 1. The fraction of sp³-hybridized carbons (Fsp3) is 0.636. The molecule has 0 saturated heterocycles. The largest absolute Gasteiger partial charge is 0.469 e. The van der Waals surface area contributed by atoms with Crippen LogP contribution in [0.1, 0.15) is 13.8 Å². The number of rotatable bonds is 5. The van der Waals surface area contributed by atoms with Crippen LogP contribution in [0.3, 0.4) is 0 Å². The molecule has 0 saturated carbocycles. The minimum Gasteiger partial charge on any atom is -0.469 e. The Morgan fingerprint density at radius 3 is 2.75 bits per heavy atom. The molecule has 0 rings (SSSR count). The summed E-state index contributed by atoms with van der Waals surface area (Å²) in [5.41, 5.74) is 0. The van der Waals surface area contributed by atoms with Gasteiger partial charge in [0, 0.05) is 6.54 Å². The van der Waals surface area contributed by atoms with Crippen molar-refractivity contribution in [3.63, 3.8) is 0 Å². The second-order valence-corrected chi connectivity index (χ2v) is 3.20. The molecule has 0 fully saturated rings. The first-order valence-electron chi connectivity index (χ1n) is 5.19. The molecule has 1 unspecified atom stereocenters. The number of guanidine groups is 1. The number of nitrogens with one attached hydrogen (secondary N) is 2. The predicted octanol–water partition coefficient (Wildman–Crippen LogP) is -0.0162. The third-order valence-corrected chi connectivity index (χ3v) is 1.83. The first-order valence-corrected chi connectivity index (χ1v) is 5.19. The number of nitrogens with zero attached hydrogens (tertiary/aromatic N) is 1. The Labute approximate surface area is 96.7 Å². The molecule has 0 aromatic heterocycles. The molecule has 0 bridgehead atoms. The summed E-state index contributed by atoms with van der Waals surface area (Å²) < 4.78 is 4.60. The van der Waals surface area contributed by atoms with E-state index in [1.54, 1.807) is 6.92 Å². The number of terminal acetylenes is 1. The van der Waals surface area contributed by atoms with Crippen LogP contribution in [0.4, 0.5) is 0 Å². The molecule has 0 aliphatic heterocycles. The minimum atomic E-state index is -0.267. The van der Waals surface area contributed by atoms with Crippen LogP contribution in [0.2, 0.25) is 0 Å². The monoisotopic (exact) mass is 225 g/mol. The molecule has 1 atom stereocenters. The lowest BCUT2D eigenvalue weighted by atomic mass is 10.2. The van der Waals surface area contributed by atoms with Crippen molar-refractivity contribution in [2.24, 2.45) is 10.9 Å². The van der Waals surface area contributed by atoms with Gasteiger partial charge in [0.05, 0.1) is 26.1 Å². The molecular formula is C11H19N3O2. The van der Waals surface area contributed by atoms with Gasteiger partial charge < -0.3 is 15.4 Å². The summed E-state index contributed by atoms with van der Waals surface area (Å²) in [5, 5.41) is 5.95. The summed E-state index contributed by atoms with van der Waals surface area (Å²) in [7, 11) is 1.37. The first-order chi connectivity index (χ1) is 7.65. The summed E-state index contributed by atoms with van der Waals surface area (Å²) in [6.07, 6.45) is 5.13. The van der Waals surface area contributed by atoms with Crippen LogP contribution in [0, 0.1) is 18.3 Å². The van der Waals surface area contributed by atoms with Gasteiger partial charge in [0.1, 0.15) is 0 Å². The fourth-order valence-electron chi connectivity index (χ4n) is 0.980. The lowest BCUT2D eigenvalue weighted by Crippen LogP contribution is -2.38. The number of aliphatic imine (C=N–C) groups is 1. The Morgan fingerprint density at radius 2 is 2.25 bits per heavy atom. The van der Waals surface area contributed by atoms with Gasteiger partial charge in [-0.3, -0.25) is 9.79 Å². The lowest BCUT2D eigenvalue weighted by molar-refractivity contribution is -0.144. The highest BCUT2D eigenvalue weighted by Crippen LogP contribution is 1.97. The molecule has 0 heterocycles. The second kappa shape index (κ2) is 8.60. The Kier molecular flexibility index (Phi) is 7.68. The Balaban J connectivity index is 4.21. The number of esters is 1. The molecule has 0 radical (unpaired) electrons. The van der Waals surface area contributed by atoms with Crippen molar-refractivity contribution in [2.75, 3.05) is 26.7 Å². The third kappa shape index (κ3) is 5.91. The Hall–Kier alpha value is -1.70. The van der Waals surface area contributed by atoms with E-state index in [-0.39, 0.29) is 11.9 Å². The van der Waals surface area contributed by atoms with Crippen LogP contribution in [-0.2, 0) is 9.53 Å². The van der Waals surface area contributed by atoms with Crippen LogP contribution >= 0.6 is 0 Å². The zero-order valence-corrected chi connectivity index (χ0v) is 10.0. The van der Waals surface area contributed by atoms with Crippen LogP contribution < -0.4 is 10.6 Å². The van der Waals surface area contributed by atoms with Gasteiger partial charge in [-0.2, -0.15) is 0 Å². The van der Waals surface area contributed by atoms with Gasteiger partial charge >= 0.3 is 5.97 Å². The van der Waals surface area contributed by atoms with Gasteiger partial charge in [-0.05, 0) is 6.92 Å². The van der Waals surface area contributed by atoms with Crippen molar-refractivity contribution in [1.82, 2.24) is 10.6 Å². The third-order valence-electron chi connectivity index (χ3n) is 1.83. The van der Waals surface area contributed by atoms with Crippen LogP contribution in [0.5, 0.6) is 0 Å². The van der Waals surface area contributed by atoms with E-state index in [2.05, 4.69) is 26.3 Å². The summed E-state index contributed by atoms with van der Waals surface area (Å²) >= 11 is 0. The van der Waals surface area contributed by atoms with Crippen LogP contribution in [-0.4, -0.2) is 38.7 Å². The standard InChI is InChI=1S/C11H19N3O2/c1-5-7-13-11(12-6-2)14-8-9(3)10(15)16-4/h1,9H,6-8H2,2-4H3,(H2,12,13,14). The highest BCUT2D eigenvalue weighted by atomic mass is 16.5. The summed E-state index contributed by atoms with van der Waals surface area (Å²) in [6.45, 7) is 5.23. The predicted molar refractivity (Wildman–Crippen MR) is 64.0 cm³/mol. The van der Waals surface area contributed by atoms with E-state index in [0.717, 1.165) is 6.54 Å². The van der Waals surface area contributed by atoms with Gasteiger partial charge in [-0.1, -0.05) is 12.8 Å². The van der Waals surface area contributed by atoms with Gasteiger partial charge in [-0.15, -0.1) is 6.42 Å². The zero-order chi connectivity index (χ0) is 12.4. The van der Waals surface area contributed by atoms with Gasteiger partial charge in [0.15, 0.2) is 5.96 Å². The highest BCUT2D eigenvalue weighted by molar-refractivity contribution is 5.80. The summed E-state index contributed by atoms with van der Waals surface area (Å²) in [4.78, 5) is 15.3. The average Bonchev–Trinajstić information content (AvgIpc) is 2.31. The molecule has 0 aromatic carbocycles. The molecule has 0 aliphatic rings. The minimum absolute atomic E-state index is 0.258. The maximum Gasteiger partial charge on any atom is 0.310 e. The molecule has 0 amide bonds. The van der Waals surface area contributed by atoms with Crippen LogP contribution in [0.25, 0.3) is 0 Å². The molecule has 90 valence electrons. The van der Waals surface area contributed by atoms with Crippen molar-refractivity contribution in [3.05, 3.63) is 0 Å². The topological polar surface area (TPSA) is 62.7 Å². The van der Waals surface area contributed by atoms with Crippen molar-refractivity contribution in [1.29, 1.82) is 0 Å². The molecule has 2 N–H and O–H groups in total. The quantitative estimate of drug-likeness (QED) is 0.299. The van der Waals surface area contributed by atoms with E-state index in [0.29, 0.717) is 19.0 Å². The molecule has 0 spiro atoms. The molecule has 5 nitrogen and oxygen atoms in total. The number of ether oxygens (including phenoxy) is 1. The average molecular weight is 225 g/mol. The Bertz CT molecular complexity index is 281. The molecule has 0 aliphatic carbocycles. The summed E-state index contributed by atoms with van der Waals surface area (Å²) in [5.74, 6) is 2.54. The molecule has 5 heteroatoms. The molecule has 0 aromatic rings. The van der Waals surface area contributed by atoms with Crippen molar-refractivity contribution < 1.29 is 9.53 Å². The van der Waals surface area contributed by atoms with Crippen molar-refractivity contribution >= 4 is 11.9 Å². The first kappa shape index (κ1) is 14.3. The van der Waals surface area contributed by atoms with Gasteiger partial charge in [0.2, 0.25) is 0 Å². The molecular weight excluding hydrogens is 206 g/mol. The van der Waals surface area contributed by atoms with Crippen LogP contribution in [0.15, 0.2) is 4.99 Å². The number of hydrogen-bond acceptors (Lipinski definition) is 3. The van der Waals surface area contributed by atoms with Gasteiger partial charge in [-0.25, -0.2) is 0 Å². The summed E-state index contributed by atoms with van der Waals surface area (Å²) in [6, 6.07) is 0. The highest BCUT2D eigenvalue weighted by Gasteiger charge is 2.12. The van der Waals surface area contributed by atoms with E-state index in [9.17, 15) is 4.79 Å². The number of carbonyl (C=O) groups is 1. The van der Waals surface area contributed by atoms with E-state index in [1.807, 2.05) is 6.92 Å². The maximum atomic E-state index is 11.1. The van der Waals surface area contributed by atoms with E-state index in [4.69, 9.17) is 6.42 Å². The van der Waals surface area contributed by atoms with Crippen molar-refractivity contribution in [2.45, 2.75) is 13.8 Å². The van der Waals surface area contributed by atoms with E-state index < -0.39 is 0 Å². The normalized spacial score (nSPS) is 12.5. The van der Waals surface area contributed by atoms with Crippen molar-refractivity contribution in [3.8, 4) is 12.3 Å². The van der Waals surface area contributed by atoms with E-state index >= 15 is 0 Å². The second-order valence-electron chi connectivity index (χ2n) is 3.20. The zero-order valence-electron chi connectivity index (χ0n) is 10.0. The number of methoxy groups -OCH3 is 1. The Morgan fingerprint density at radius 1 is 1.56 bits per heavy atom. The van der Waals surface area contributed by atoms with Gasteiger partial charge in [0.25, 0.3) is 0 Å². The SMILES string of the molecule is C#CCNC(=NCC(C)C(=O)OC)NCC. The molecule has 16 heavy (non-hydrogen) atoms. The maximum absolute atomic E-state index is 11.1. The van der Waals surface area contributed by atoms with E-state index in [1.165, 1.54) is 7.11 Å². The number of hydrogen-bond donors (Lipinski definition) is 2. The fourth-order valence-corrected chi connectivity index (χ4v) is 0.980. The smallest absolute Gasteiger partial charge is 0.310 e.